The number of carbonyl (C=O) groups is 1. The molecule has 0 radical (unpaired) electrons. The van der Waals surface area contributed by atoms with Gasteiger partial charge in [0.15, 0.2) is 0 Å². The second-order valence-corrected chi connectivity index (χ2v) is 3.94. The molecule has 0 fully saturated rings. The number of carbonyl (C=O) groups excluding carboxylic acids is 1. The summed E-state index contributed by atoms with van der Waals surface area (Å²) in [7, 11) is 3.43. The maximum atomic E-state index is 11.5. The first-order valence-corrected chi connectivity index (χ1v) is 5.34. The lowest BCUT2D eigenvalue weighted by atomic mass is 10.1. The third-order valence-electron chi connectivity index (χ3n) is 2.61. The van der Waals surface area contributed by atoms with E-state index in [1.54, 1.807) is 0 Å². The predicted octanol–water partition coefficient (Wildman–Crippen LogP) is 2.06. The van der Waals surface area contributed by atoms with Gasteiger partial charge in [0.1, 0.15) is 6.04 Å². The molecule has 14 heavy (non-hydrogen) atoms. The highest BCUT2D eigenvalue weighted by molar-refractivity contribution is 5.75. The Labute approximate surface area is 87.4 Å². The molecule has 0 aliphatic rings. The van der Waals surface area contributed by atoms with Crippen molar-refractivity contribution in [1.82, 2.24) is 4.90 Å². The number of ether oxygens (including phenoxy) is 1. The minimum absolute atomic E-state index is 0.0834. The Kier molecular flexibility index (Phi) is 6.54. The molecule has 0 rings (SSSR count). The van der Waals surface area contributed by atoms with Crippen molar-refractivity contribution in [1.29, 1.82) is 0 Å². The van der Waals surface area contributed by atoms with Gasteiger partial charge in [0.25, 0.3) is 0 Å². The van der Waals surface area contributed by atoms with E-state index in [4.69, 9.17) is 4.74 Å². The van der Waals surface area contributed by atoms with Crippen molar-refractivity contribution in [3.63, 3.8) is 0 Å². The molecule has 3 heteroatoms. The molecule has 0 N–H and O–H groups in total. The third kappa shape index (κ3) is 4.09. The molecule has 0 spiro atoms. The number of hydrogen-bond acceptors (Lipinski definition) is 3. The Hall–Kier alpha value is -0.570. The van der Waals surface area contributed by atoms with Crippen LogP contribution >= 0.6 is 0 Å². The van der Waals surface area contributed by atoms with E-state index < -0.39 is 0 Å². The Bertz CT molecular complexity index is 169. The highest BCUT2D eigenvalue weighted by Crippen LogP contribution is 2.11. The molecule has 0 heterocycles. The fraction of sp³-hybridized carbons (Fsp3) is 0.909. The molecule has 0 aromatic heterocycles. The van der Waals surface area contributed by atoms with Crippen LogP contribution in [0.2, 0.25) is 0 Å². The first-order chi connectivity index (χ1) is 6.54. The van der Waals surface area contributed by atoms with Gasteiger partial charge in [-0.2, -0.15) is 0 Å². The van der Waals surface area contributed by atoms with Crippen LogP contribution in [0.3, 0.4) is 0 Å². The van der Waals surface area contributed by atoms with Gasteiger partial charge in [-0.3, -0.25) is 9.69 Å². The van der Waals surface area contributed by atoms with E-state index in [0.717, 1.165) is 19.3 Å². The minimum Gasteiger partial charge on any atom is -0.468 e. The van der Waals surface area contributed by atoms with Crippen LogP contribution in [0.15, 0.2) is 0 Å². The largest absolute Gasteiger partial charge is 0.468 e. The zero-order valence-electron chi connectivity index (χ0n) is 10.0. The third-order valence-corrected chi connectivity index (χ3v) is 2.61. The average Bonchev–Trinajstić information content (AvgIpc) is 2.17. The molecule has 0 saturated carbocycles. The molecule has 0 amide bonds. The van der Waals surface area contributed by atoms with Gasteiger partial charge in [0.2, 0.25) is 0 Å². The molecular formula is C11H23NO2. The first kappa shape index (κ1) is 13.4. The lowest BCUT2D eigenvalue weighted by molar-refractivity contribution is -0.147. The van der Waals surface area contributed by atoms with Crippen molar-refractivity contribution in [3.8, 4) is 0 Å². The monoisotopic (exact) mass is 201 g/mol. The molecule has 0 aromatic carbocycles. The molecule has 0 aliphatic heterocycles. The van der Waals surface area contributed by atoms with Gasteiger partial charge in [-0.1, -0.05) is 19.8 Å². The number of esters is 1. The van der Waals surface area contributed by atoms with E-state index in [1.807, 2.05) is 7.05 Å². The predicted molar refractivity (Wildman–Crippen MR) is 58.2 cm³/mol. The second-order valence-electron chi connectivity index (χ2n) is 3.94. The molecule has 0 aliphatic carbocycles. The van der Waals surface area contributed by atoms with Crippen molar-refractivity contribution >= 4 is 5.97 Å². The Morgan fingerprint density at radius 3 is 2.36 bits per heavy atom. The summed E-state index contributed by atoms with van der Waals surface area (Å²) in [6, 6.07) is 0.288. The van der Waals surface area contributed by atoms with E-state index in [1.165, 1.54) is 7.11 Å². The van der Waals surface area contributed by atoms with E-state index in [9.17, 15) is 4.79 Å². The normalized spacial score (nSPS) is 13.4. The minimum atomic E-state index is -0.116. The summed E-state index contributed by atoms with van der Waals surface area (Å²) >= 11 is 0. The van der Waals surface area contributed by atoms with Crippen molar-refractivity contribution in [3.05, 3.63) is 0 Å². The SMILES string of the molecule is CCCCC(C(=O)OC)N(C)C(C)C. The van der Waals surface area contributed by atoms with E-state index in [-0.39, 0.29) is 12.0 Å². The van der Waals surface area contributed by atoms with Crippen molar-refractivity contribution in [2.45, 2.75) is 52.1 Å². The quantitative estimate of drug-likeness (QED) is 0.616. The average molecular weight is 201 g/mol. The fourth-order valence-corrected chi connectivity index (χ4v) is 1.38. The van der Waals surface area contributed by atoms with Gasteiger partial charge in [0.05, 0.1) is 7.11 Å². The van der Waals surface area contributed by atoms with E-state index in [2.05, 4.69) is 25.7 Å². The van der Waals surface area contributed by atoms with Gasteiger partial charge in [0, 0.05) is 6.04 Å². The van der Waals surface area contributed by atoms with Gasteiger partial charge in [-0.15, -0.1) is 0 Å². The van der Waals surface area contributed by atoms with Crippen LogP contribution in [0.25, 0.3) is 0 Å². The van der Waals surface area contributed by atoms with Crippen LogP contribution in [-0.4, -0.2) is 37.1 Å². The topological polar surface area (TPSA) is 29.5 Å². The zero-order chi connectivity index (χ0) is 11.1. The number of methoxy groups -OCH3 is 1. The second kappa shape index (κ2) is 6.82. The summed E-state index contributed by atoms with van der Waals surface area (Å²) in [6.07, 6.45) is 3.06. The highest BCUT2D eigenvalue weighted by atomic mass is 16.5. The maximum Gasteiger partial charge on any atom is 0.323 e. The van der Waals surface area contributed by atoms with E-state index in [0.29, 0.717) is 6.04 Å². The number of rotatable bonds is 6. The Balaban J connectivity index is 4.30. The summed E-state index contributed by atoms with van der Waals surface area (Å²) in [5.74, 6) is -0.116. The summed E-state index contributed by atoms with van der Waals surface area (Å²) in [5.41, 5.74) is 0. The number of likely N-dealkylation sites (N-methyl/N-ethyl adjacent to an activating group) is 1. The zero-order valence-corrected chi connectivity index (χ0v) is 10.0. The molecule has 3 nitrogen and oxygen atoms in total. The lowest BCUT2D eigenvalue weighted by Gasteiger charge is -2.29. The standard InChI is InChI=1S/C11H23NO2/c1-6-7-8-10(11(13)14-5)12(4)9(2)3/h9-10H,6-8H2,1-5H3. The molecular weight excluding hydrogens is 178 g/mol. The molecule has 0 saturated heterocycles. The van der Waals surface area contributed by atoms with Crippen LogP contribution in [0.1, 0.15) is 40.0 Å². The molecule has 0 bridgehead atoms. The fourth-order valence-electron chi connectivity index (χ4n) is 1.38. The van der Waals surface area contributed by atoms with E-state index >= 15 is 0 Å². The highest BCUT2D eigenvalue weighted by Gasteiger charge is 2.24. The summed E-state index contributed by atoms with van der Waals surface area (Å²) in [5, 5.41) is 0. The van der Waals surface area contributed by atoms with Crippen molar-refractivity contribution in [2.24, 2.45) is 0 Å². The van der Waals surface area contributed by atoms with Crippen LogP contribution < -0.4 is 0 Å². The van der Waals surface area contributed by atoms with Crippen molar-refractivity contribution < 1.29 is 9.53 Å². The van der Waals surface area contributed by atoms with Crippen LogP contribution in [-0.2, 0) is 9.53 Å². The van der Waals surface area contributed by atoms with Crippen LogP contribution in [0, 0.1) is 0 Å². The van der Waals surface area contributed by atoms with Gasteiger partial charge in [-0.05, 0) is 27.3 Å². The van der Waals surface area contributed by atoms with Gasteiger partial charge >= 0.3 is 5.97 Å². The van der Waals surface area contributed by atoms with Crippen LogP contribution in [0.5, 0.6) is 0 Å². The number of hydrogen-bond donors (Lipinski definition) is 0. The molecule has 1 atom stereocenters. The van der Waals surface area contributed by atoms with Gasteiger partial charge in [-0.25, -0.2) is 0 Å². The van der Waals surface area contributed by atoms with Gasteiger partial charge < -0.3 is 4.74 Å². The molecule has 0 aromatic rings. The lowest BCUT2D eigenvalue weighted by Crippen LogP contribution is -2.43. The number of nitrogens with zero attached hydrogens (tertiary/aromatic N) is 1. The summed E-state index contributed by atoms with van der Waals surface area (Å²) in [6.45, 7) is 6.30. The summed E-state index contributed by atoms with van der Waals surface area (Å²) in [4.78, 5) is 13.6. The molecule has 1 unspecified atom stereocenters. The Morgan fingerprint density at radius 2 is 2.00 bits per heavy atom. The van der Waals surface area contributed by atoms with Crippen LogP contribution in [0.4, 0.5) is 0 Å². The Morgan fingerprint density at radius 1 is 1.43 bits per heavy atom. The first-order valence-electron chi connectivity index (χ1n) is 5.34. The molecule has 84 valence electrons. The van der Waals surface area contributed by atoms with Crippen molar-refractivity contribution in [2.75, 3.05) is 14.2 Å². The summed E-state index contributed by atoms with van der Waals surface area (Å²) < 4.78 is 4.80. The smallest absolute Gasteiger partial charge is 0.323 e. The number of unbranched alkanes of at least 4 members (excludes halogenated alkanes) is 1. The maximum absolute atomic E-state index is 11.5.